The number of fused-ring (bicyclic) bond motifs is 1. The number of anilines is 2. The number of benzene rings is 2. The second-order valence-electron chi connectivity index (χ2n) is 5.43. The van der Waals surface area contributed by atoms with Crippen molar-refractivity contribution < 1.29 is 4.79 Å². The van der Waals surface area contributed by atoms with Crippen LogP contribution in [0.4, 0.5) is 11.4 Å². The molecule has 1 amide bonds. The predicted octanol–water partition coefficient (Wildman–Crippen LogP) is 3.61. The van der Waals surface area contributed by atoms with Gasteiger partial charge in [-0.05, 0) is 48.6 Å². The monoisotopic (exact) mass is 280 g/mol. The van der Waals surface area contributed by atoms with E-state index in [-0.39, 0.29) is 11.9 Å². The zero-order chi connectivity index (χ0) is 14.7. The van der Waals surface area contributed by atoms with Gasteiger partial charge in [0, 0.05) is 11.4 Å². The molecule has 21 heavy (non-hydrogen) atoms. The molecular weight excluding hydrogens is 260 g/mol. The number of para-hydroxylation sites is 1. The first-order chi connectivity index (χ1) is 10.3. The Morgan fingerprint density at radius 1 is 1.14 bits per heavy atom. The van der Waals surface area contributed by atoms with Gasteiger partial charge in [0.25, 0.3) is 0 Å². The molecule has 0 aliphatic carbocycles. The number of carbonyl (C=O) groups is 1. The summed E-state index contributed by atoms with van der Waals surface area (Å²) in [7, 11) is 0. The Kier molecular flexibility index (Phi) is 3.91. The number of rotatable bonds is 3. The average molecular weight is 280 g/mol. The molecule has 1 heterocycles. The predicted molar refractivity (Wildman–Crippen MR) is 86.6 cm³/mol. The molecule has 1 aliphatic heterocycles. The van der Waals surface area contributed by atoms with Gasteiger partial charge in [-0.3, -0.25) is 4.79 Å². The number of hydrogen-bond donors (Lipinski definition) is 2. The van der Waals surface area contributed by atoms with E-state index in [4.69, 9.17) is 0 Å². The van der Waals surface area contributed by atoms with Crippen LogP contribution in [-0.4, -0.2) is 11.9 Å². The Morgan fingerprint density at radius 2 is 1.90 bits per heavy atom. The van der Waals surface area contributed by atoms with Crippen LogP contribution in [0.3, 0.4) is 0 Å². The van der Waals surface area contributed by atoms with Crippen molar-refractivity contribution in [3.8, 4) is 0 Å². The van der Waals surface area contributed by atoms with Crippen molar-refractivity contribution >= 4 is 17.3 Å². The fraction of sp³-hybridized carbons (Fsp3) is 0.278. The van der Waals surface area contributed by atoms with Gasteiger partial charge in [0.05, 0.1) is 0 Å². The molecule has 0 aromatic heterocycles. The van der Waals surface area contributed by atoms with Crippen LogP contribution in [0, 0.1) is 0 Å². The van der Waals surface area contributed by atoms with Gasteiger partial charge in [0.15, 0.2) is 0 Å². The normalized spacial score (nSPS) is 17.6. The Morgan fingerprint density at radius 3 is 2.67 bits per heavy atom. The van der Waals surface area contributed by atoms with Crippen LogP contribution < -0.4 is 10.6 Å². The van der Waals surface area contributed by atoms with Crippen molar-refractivity contribution in [1.29, 1.82) is 0 Å². The van der Waals surface area contributed by atoms with E-state index in [1.165, 1.54) is 11.1 Å². The third-order valence-corrected chi connectivity index (χ3v) is 4.00. The third-order valence-electron chi connectivity index (χ3n) is 4.00. The van der Waals surface area contributed by atoms with Crippen LogP contribution in [0.25, 0.3) is 0 Å². The van der Waals surface area contributed by atoms with Crippen LogP contribution in [0.5, 0.6) is 0 Å². The van der Waals surface area contributed by atoms with Gasteiger partial charge in [0.1, 0.15) is 6.04 Å². The maximum Gasteiger partial charge on any atom is 0.246 e. The molecule has 0 saturated carbocycles. The Labute approximate surface area is 125 Å². The minimum atomic E-state index is -0.190. The highest BCUT2D eigenvalue weighted by molar-refractivity contribution is 5.97. The fourth-order valence-electron chi connectivity index (χ4n) is 2.69. The first-order valence-electron chi connectivity index (χ1n) is 7.50. The van der Waals surface area contributed by atoms with Crippen molar-refractivity contribution in [3.05, 3.63) is 59.7 Å². The van der Waals surface area contributed by atoms with Gasteiger partial charge >= 0.3 is 0 Å². The summed E-state index contributed by atoms with van der Waals surface area (Å²) in [5, 5.41) is 6.36. The molecule has 1 aliphatic rings. The van der Waals surface area contributed by atoms with Crippen LogP contribution >= 0.6 is 0 Å². The molecule has 0 radical (unpaired) electrons. The van der Waals surface area contributed by atoms with Gasteiger partial charge in [0.2, 0.25) is 5.91 Å². The fourth-order valence-corrected chi connectivity index (χ4v) is 2.69. The van der Waals surface area contributed by atoms with E-state index in [2.05, 4.69) is 35.8 Å². The van der Waals surface area contributed by atoms with E-state index in [9.17, 15) is 4.79 Å². The van der Waals surface area contributed by atoms with Crippen LogP contribution in [0.1, 0.15) is 24.5 Å². The molecule has 108 valence electrons. The minimum absolute atomic E-state index is 0.0412. The highest BCUT2D eigenvalue weighted by atomic mass is 16.2. The highest BCUT2D eigenvalue weighted by Gasteiger charge is 2.23. The van der Waals surface area contributed by atoms with Gasteiger partial charge in [-0.1, -0.05) is 37.3 Å². The minimum Gasteiger partial charge on any atom is -0.374 e. The molecule has 0 bridgehead atoms. The lowest BCUT2D eigenvalue weighted by molar-refractivity contribution is -0.116. The van der Waals surface area contributed by atoms with E-state index in [0.717, 1.165) is 30.6 Å². The van der Waals surface area contributed by atoms with E-state index >= 15 is 0 Å². The van der Waals surface area contributed by atoms with E-state index in [0.29, 0.717) is 0 Å². The van der Waals surface area contributed by atoms with E-state index < -0.39 is 0 Å². The summed E-state index contributed by atoms with van der Waals surface area (Å²) < 4.78 is 0. The van der Waals surface area contributed by atoms with Crippen molar-refractivity contribution in [3.63, 3.8) is 0 Å². The maximum absolute atomic E-state index is 12.3. The summed E-state index contributed by atoms with van der Waals surface area (Å²) in [6.45, 7) is 2.14. The zero-order valence-electron chi connectivity index (χ0n) is 12.2. The first kappa shape index (κ1) is 13.7. The summed E-state index contributed by atoms with van der Waals surface area (Å²) in [4.78, 5) is 12.3. The van der Waals surface area contributed by atoms with E-state index in [1.807, 2.05) is 30.3 Å². The molecule has 2 aromatic carbocycles. The Hall–Kier alpha value is -2.29. The lowest BCUT2D eigenvalue weighted by Gasteiger charge is -2.16. The smallest absolute Gasteiger partial charge is 0.246 e. The number of hydrogen-bond acceptors (Lipinski definition) is 2. The molecular formula is C18H20N2O. The standard InChI is InChI=1S/C18H20N2O/c1-2-13-7-10-15(11-8-13)19-17-12-9-14-5-3-4-6-16(14)20-18(17)21/h3-8,10-11,17,19H,2,9,12H2,1H3,(H,20,21). The molecule has 0 spiro atoms. The van der Waals surface area contributed by atoms with Gasteiger partial charge in [-0.15, -0.1) is 0 Å². The van der Waals surface area contributed by atoms with E-state index in [1.54, 1.807) is 0 Å². The molecule has 3 heteroatoms. The summed E-state index contributed by atoms with van der Waals surface area (Å²) >= 11 is 0. The lowest BCUT2D eigenvalue weighted by Crippen LogP contribution is -2.33. The number of carbonyl (C=O) groups excluding carboxylic acids is 1. The highest BCUT2D eigenvalue weighted by Crippen LogP contribution is 2.23. The molecule has 3 rings (SSSR count). The van der Waals surface area contributed by atoms with Crippen LogP contribution in [0.15, 0.2) is 48.5 Å². The second-order valence-corrected chi connectivity index (χ2v) is 5.43. The summed E-state index contributed by atoms with van der Waals surface area (Å²) in [6, 6.07) is 16.1. The zero-order valence-corrected chi connectivity index (χ0v) is 12.2. The Balaban J connectivity index is 1.73. The molecule has 3 nitrogen and oxygen atoms in total. The molecule has 2 aromatic rings. The molecule has 2 N–H and O–H groups in total. The molecule has 1 unspecified atom stereocenters. The first-order valence-corrected chi connectivity index (χ1v) is 7.50. The summed E-state index contributed by atoms with van der Waals surface area (Å²) in [6.07, 6.45) is 2.73. The van der Waals surface area contributed by atoms with Gasteiger partial charge in [-0.2, -0.15) is 0 Å². The summed E-state index contributed by atoms with van der Waals surface area (Å²) in [5.74, 6) is 0.0412. The van der Waals surface area contributed by atoms with Crippen LogP contribution in [-0.2, 0) is 17.6 Å². The second kappa shape index (κ2) is 6.00. The number of amides is 1. The van der Waals surface area contributed by atoms with Crippen LogP contribution in [0.2, 0.25) is 0 Å². The van der Waals surface area contributed by atoms with Gasteiger partial charge in [-0.25, -0.2) is 0 Å². The third kappa shape index (κ3) is 3.07. The quantitative estimate of drug-likeness (QED) is 0.901. The topological polar surface area (TPSA) is 41.1 Å². The van der Waals surface area contributed by atoms with Gasteiger partial charge < -0.3 is 10.6 Å². The SMILES string of the molecule is CCc1ccc(NC2CCc3ccccc3NC2=O)cc1. The van der Waals surface area contributed by atoms with Crippen molar-refractivity contribution in [1.82, 2.24) is 0 Å². The maximum atomic E-state index is 12.3. The van der Waals surface area contributed by atoms with Crippen molar-refractivity contribution in [2.75, 3.05) is 10.6 Å². The molecule has 0 fully saturated rings. The van der Waals surface area contributed by atoms with Crippen molar-refractivity contribution in [2.24, 2.45) is 0 Å². The number of aryl methyl sites for hydroxylation is 2. The molecule has 0 saturated heterocycles. The number of nitrogens with one attached hydrogen (secondary N) is 2. The largest absolute Gasteiger partial charge is 0.374 e. The Bertz CT molecular complexity index is 634. The summed E-state index contributed by atoms with van der Waals surface area (Å²) in [5.41, 5.74) is 4.45. The van der Waals surface area contributed by atoms with Crippen molar-refractivity contribution in [2.45, 2.75) is 32.2 Å². The average Bonchev–Trinajstić information content (AvgIpc) is 2.67. The molecule has 1 atom stereocenters. The lowest BCUT2D eigenvalue weighted by atomic mass is 10.1.